The molecule has 0 aromatic carbocycles. The predicted octanol–water partition coefficient (Wildman–Crippen LogP) is 1.65. The van der Waals surface area contributed by atoms with Crippen LogP contribution < -0.4 is 11.1 Å². The molecule has 0 spiro atoms. The van der Waals surface area contributed by atoms with Crippen molar-refractivity contribution in [3.05, 3.63) is 50.1 Å². The third-order valence-electron chi connectivity index (χ3n) is 2.02. The van der Waals surface area contributed by atoms with E-state index in [4.69, 9.17) is 5.73 Å². The van der Waals surface area contributed by atoms with Crippen LogP contribution in [0.1, 0.15) is 12.8 Å². The maximum Gasteiger partial charge on any atom is 0.245 e. The smallest absolute Gasteiger partial charge is 0.245 e. The molecule has 1 unspecified atom stereocenters. The first kappa shape index (κ1) is 13.4. The second-order valence-corrected chi connectivity index (χ2v) is 3.25. The molecule has 3 N–H and O–H groups in total. The third-order valence-corrected chi connectivity index (χ3v) is 2.02. The van der Waals surface area contributed by atoms with Gasteiger partial charge in [-0.2, -0.15) is 0 Å². The molecule has 3 heteroatoms. The van der Waals surface area contributed by atoms with Crippen molar-refractivity contribution in [3.8, 4) is 0 Å². The maximum absolute atomic E-state index is 11.2. The van der Waals surface area contributed by atoms with Gasteiger partial charge < -0.3 is 11.1 Å². The van der Waals surface area contributed by atoms with Gasteiger partial charge in [-0.15, -0.1) is 13.2 Å². The molecule has 3 nitrogen and oxygen atoms in total. The van der Waals surface area contributed by atoms with E-state index in [1.807, 2.05) is 0 Å². The van der Waals surface area contributed by atoms with Gasteiger partial charge in [0.1, 0.15) is 5.66 Å². The highest BCUT2D eigenvalue weighted by Gasteiger charge is 2.27. The zero-order valence-corrected chi connectivity index (χ0v) is 8.96. The minimum atomic E-state index is -0.971. The van der Waals surface area contributed by atoms with Gasteiger partial charge in [-0.05, 0) is 18.1 Å². The SMILES string of the molecule is C=CCC(=C)C(N)(CC=C)NC(=O)C=C. The van der Waals surface area contributed by atoms with Gasteiger partial charge in [-0.25, -0.2) is 0 Å². The average molecular weight is 206 g/mol. The molecule has 0 saturated heterocycles. The quantitative estimate of drug-likeness (QED) is 0.378. The average Bonchev–Trinajstić information content (AvgIpc) is 2.18. The molecule has 0 saturated carbocycles. The Labute approximate surface area is 91.0 Å². The molecule has 0 bridgehead atoms. The Kier molecular flexibility index (Phi) is 5.34. The standard InChI is InChI=1S/C12H18N2O/c1-5-8-10(4)12(13,9-6-2)14-11(15)7-3/h5-7H,1-4,8-9,13H2,(H,14,15). The molecule has 0 aromatic heterocycles. The number of nitrogens with two attached hydrogens (primary N) is 1. The fourth-order valence-corrected chi connectivity index (χ4v) is 1.14. The maximum atomic E-state index is 11.2. The number of carbonyl (C=O) groups excluding carboxylic acids is 1. The highest BCUT2D eigenvalue weighted by molar-refractivity contribution is 5.87. The normalized spacial score (nSPS) is 13.4. The summed E-state index contributed by atoms with van der Waals surface area (Å²) in [5.41, 5.74) is 5.73. The fourth-order valence-electron chi connectivity index (χ4n) is 1.14. The van der Waals surface area contributed by atoms with Gasteiger partial charge in [0.05, 0.1) is 0 Å². The van der Waals surface area contributed by atoms with Crippen molar-refractivity contribution in [2.24, 2.45) is 5.73 Å². The molecule has 15 heavy (non-hydrogen) atoms. The van der Waals surface area contributed by atoms with Crippen LogP contribution in [0, 0.1) is 0 Å². The topological polar surface area (TPSA) is 55.1 Å². The van der Waals surface area contributed by atoms with Crippen molar-refractivity contribution in [2.45, 2.75) is 18.5 Å². The summed E-state index contributed by atoms with van der Waals surface area (Å²) in [6.07, 6.45) is 5.46. The lowest BCUT2D eigenvalue weighted by Crippen LogP contribution is -2.56. The first-order valence-electron chi connectivity index (χ1n) is 4.63. The molecule has 0 radical (unpaired) electrons. The van der Waals surface area contributed by atoms with E-state index >= 15 is 0 Å². The molecule has 0 aliphatic carbocycles. The summed E-state index contributed by atoms with van der Waals surface area (Å²) >= 11 is 0. The monoisotopic (exact) mass is 206 g/mol. The van der Waals surface area contributed by atoms with Gasteiger partial charge in [-0.3, -0.25) is 4.79 Å². The minimum absolute atomic E-state index is 0.329. The zero-order chi connectivity index (χ0) is 11.9. The summed E-state index contributed by atoms with van der Waals surface area (Å²) in [5.74, 6) is -0.329. The van der Waals surface area contributed by atoms with Crippen LogP contribution in [0.2, 0.25) is 0 Å². The van der Waals surface area contributed by atoms with Crippen molar-refractivity contribution in [1.29, 1.82) is 0 Å². The molecule has 0 aliphatic heterocycles. The van der Waals surface area contributed by atoms with Gasteiger partial charge in [-0.1, -0.05) is 25.3 Å². The Balaban J connectivity index is 4.77. The third kappa shape index (κ3) is 3.95. The molecular formula is C12H18N2O. The fraction of sp³-hybridized carbons (Fsp3) is 0.250. The number of allylic oxidation sites excluding steroid dienone is 1. The molecular weight excluding hydrogens is 188 g/mol. The molecule has 82 valence electrons. The van der Waals surface area contributed by atoms with Crippen LogP contribution >= 0.6 is 0 Å². The van der Waals surface area contributed by atoms with E-state index in [1.165, 1.54) is 6.08 Å². The van der Waals surface area contributed by atoms with Crippen molar-refractivity contribution in [3.63, 3.8) is 0 Å². The molecule has 0 fully saturated rings. The van der Waals surface area contributed by atoms with Crippen LogP contribution in [0.4, 0.5) is 0 Å². The highest BCUT2D eigenvalue weighted by atomic mass is 16.1. The molecule has 0 aromatic rings. The van der Waals surface area contributed by atoms with Crippen LogP contribution in [0.5, 0.6) is 0 Å². The van der Waals surface area contributed by atoms with E-state index in [0.717, 1.165) is 0 Å². The van der Waals surface area contributed by atoms with Gasteiger partial charge in [0, 0.05) is 6.42 Å². The highest BCUT2D eigenvalue weighted by Crippen LogP contribution is 2.17. The van der Waals surface area contributed by atoms with E-state index in [0.29, 0.717) is 18.4 Å². The Bertz CT molecular complexity index is 294. The summed E-state index contributed by atoms with van der Waals surface area (Å²) in [7, 11) is 0. The summed E-state index contributed by atoms with van der Waals surface area (Å²) < 4.78 is 0. The minimum Gasteiger partial charge on any atom is -0.331 e. The van der Waals surface area contributed by atoms with Crippen molar-refractivity contribution in [2.75, 3.05) is 0 Å². The molecule has 0 rings (SSSR count). The largest absolute Gasteiger partial charge is 0.331 e. The van der Waals surface area contributed by atoms with E-state index in [-0.39, 0.29) is 5.91 Å². The number of hydrogen-bond donors (Lipinski definition) is 2. The summed E-state index contributed by atoms with van der Waals surface area (Å²) in [5, 5.41) is 2.63. The van der Waals surface area contributed by atoms with E-state index in [1.54, 1.807) is 12.2 Å². The zero-order valence-electron chi connectivity index (χ0n) is 8.96. The molecule has 1 amide bonds. The molecule has 1 atom stereocenters. The number of carbonyl (C=O) groups is 1. The van der Waals surface area contributed by atoms with Crippen LogP contribution in [-0.2, 0) is 4.79 Å². The van der Waals surface area contributed by atoms with Crippen LogP contribution in [-0.4, -0.2) is 11.6 Å². The first-order valence-corrected chi connectivity index (χ1v) is 4.63. The molecule has 0 aliphatic rings. The number of hydrogen-bond acceptors (Lipinski definition) is 2. The van der Waals surface area contributed by atoms with Gasteiger partial charge in [0.25, 0.3) is 0 Å². The number of nitrogens with one attached hydrogen (secondary N) is 1. The van der Waals surface area contributed by atoms with E-state index < -0.39 is 5.66 Å². The van der Waals surface area contributed by atoms with E-state index in [2.05, 4.69) is 31.6 Å². The number of rotatable bonds is 7. The Morgan fingerprint density at radius 3 is 2.33 bits per heavy atom. The van der Waals surface area contributed by atoms with E-state index in [9.17, 15) is 4.79 Å². The second kappa shape index (κ2) is 5.98. The van der Waals surface area contributed by atoms with Crippen molar-refractivity contribution >= 4 is 5.91 Å². The van der Waals surface area contributed by atoms with Crippen molar-refractivity contribution in [1.82, 2.24) is 5.32 Å². The van der Waals surface area contributed by atoms with Gasteiger partial charge in [0.2, 0.25) is 5.91 Å². The van der Waals surface area contributed by atoms with Gasteiger partial charge >= 0.3 is 0 Å². The Hall–Kier alpha value is -1.61. The lowest BCUT2D eigenvalue weighted by Gasteiger charge is -2.31. The Morgan fingerprint density at radius 2 is 1.93 bits per heavy atom. The lowest BCUT2D eigenvalue weighted by atomic mass is 9.95. The summed E-state index contributed by atoms with van der Waals surface area (Å²) in [4.78, 5) is 11.2. The van der Waals surface area contributed by atoms with Gasteiger partial charge in [0.15, 0.2) is 0 Å². The van der Waals surface area contributed by atoms with Crippen LogP contribution in [0.15, 0.2) is 50.1 Å². The van der Waals surface area contributed by atoms with Crippen LogP contribution in [0.3, 0.4) is 0 Å². The summed E-state index contributed by atoms with van der Waals surface area (Å²) in [6, 6.07) is 0. The summed E-state index contributed by atoms with van der Waals surface area (Å²) in [6.45, 7) is 14.4. The van der Waals surface area contributed by atoms with Crippen molar-refractivity contribution < 1.29 is 4.79 Å². The predicted molar refractivity (Wildman–Crippen MR) is 64.0 cm³/mol. The molecule has 0 heterocycles. The number of amides is 1. The van der Waals surface area contributed by atoms with Crippen LogP contribution in [0.25, 0.3) is 0 Å². The Morgan fingerprint density at radius 1 is 1.33 bits per heavy atom. The second-order valence-electron chi connectivity index (χ2n) is 3.25. The first-order chi connectivity index (χ1) is 7.00. The lowest BCUT2D eigenvalue weighted by molar-refractivity contribution is -0.117.